The van der Waals surface area contributed by atoms with Gasteiger partial charge in [0.15, 0.2) is 0 Å². The molecule has 0 aliphatic carbocycles. The Labute approximate surface area is 147 Å². The average molecular weight is 342 g/mol. The van der Waals surface area contributed by atoms with Gasteiger partial charge >= 0.3 is 0 Å². The summed E-state index contributed by atoms with van der Waals surface area (Å²) in [5.74, 6) is -0.397. The zero-order valence-electron chi connectivity index (χ0n) is 14.6. The molecule has 0 unspecified atom stereocenters. The fraction of sp³-hybridized carbons (Fsp3) is 0.350. The molecule has 0 atom stereocenters. The first kappa shape index (κ1) is 17.4. The summed E-state index contributed by atoms with van der Waals surface area (Å²) in [7, 11) is 0. The van der Waals surface area contributed by atoms with E-state index < -0.39 is 0 Å². The summed E-state index contributed by atoms with van der Waals surface area (Å²) in [5.41, 5.74) is 4.88. The van der Waals surface area contributed by atoms with E-state index in [9.17, 15) is 9.18 Å². The number of nitrogens with one attached hydrogen (secondary N) is 1. The third-order valence-electron chi connectivity index (χ3n) is 4.44. The van der Waals surface area contributed by atoms with Gasteiger partial charge in [0.1, 0.15) is 5.82 Å². The van der Waals surface area contributed by atoms with Crippen LogP contribution in [0.15, 0.2) is 36.4 Å². The molecule has 1 N–H and O–H groups in total. The van der Waals surface area contributed by atoms with E-state index >= 15 is 0 Å². The van der Waals surface area contributed by atoms with E-state index in [1.165, 1.54) is 12.1 Å². The smallest absolute Gasteiger partial charge is 0.228 e. The number of hydrogen-bond donors (Lipinski definition) is 1. The highest BCUT2D eigenvalue weighted by molar-refractivity contribution is 5.94. The van der Waals surface area contributed by atoms with Gasteiger partial charge < -0.3 is 15.0 Å². The second-order valence-corrected chi connectivity index (χ2v) is 6.41. The van der Waals surface area contributed by atoms with Crippen LogP contribution in [0.25, 0.3) is 0 Å². The number of aryl methyl sites for hydroxylation is 2. The van der Waals surface area contributed by atoms with Gasteiger partial charge in [-0.05, 0) is 54.8 Å². The van der Waals surface area contributed by atoms with Gasteiger partial charge in [-0.2, -0.15) is 0 Å². The minimum Gasteiger partial charge on any atom is -0.378 e. The number of halogens is 1. The van der Waals surface area contributed by atoms with Gasteiger partial charge in [0, 0.05) is 24.5 Å². The molecule has 2 aromatic rings. The van der Waals surface area contributed by atoms with E-state index in [-0.39, 0.29) is 18.1 Å². The van der Waals surface area contributed by atoms with Crippen molar-refractivity contribution in [2.24, 2.45) is 0 Å². The Balaban J connectivity index is 1.71. The Kier molecular flexibility index (Phi) is 5.34. The third kappa shape index (κ3) is 4.37. The van der Waals surface area contributed by atoms with Gasteiger partial charge in [0.25, 0.3) is 0 Å². The van der Waals surface area contributed by atoms with Crippen LogP contribution in [0, 0.1) is 19.7 Å². The Hall–Kier alpha value is -2.40. The van der Waals surface area contributed by atoms with Crippen LogP contribution in [-0.4, -0.2) is 32.2 Å². The Morgan fingerprint density at radius 1 is 1.12 bits per heavy atom. The highest BCUT2D eigenvalue weighted by atomic mass is 19.1. The maximum Gasteiger partial charge on any atom is 0.228 e. The normalized spacial score (nSPS) is 14.4. The minimum atomic E-state index is -0.297. The van der Waals surface area contributed by atoms with Crippen molar-refractivity contribution in [1.82, 2.24) is 0 Å². The Bertz CT molecular complexity index is 730. The number of carbonyl (C=O) groups excluding carboxylic acids is 1. The molecular formula is C20H23FN2O2. The lowest BCUT2D eigenvalue weighted by molar-refractivity contribution is -0.115. The van der Waals surface area contributed by atoms with Gasteiger partial charge in [-0.3, -0.25) is 4.79 Å². The molecule has 1 aliphatic heterocycles. The summed E-state index contributed by atoms with van der Waals surface area (Å²) < 4.78 is 18.4. The molecular weight excluding hydrogens is 319 g/mol. The number of amides is 1. The van der Waals surface area contributed by atoms with Crippen LogP contribution < -0.4 is 10.2 Å². The lowest BCUT2D eigenvalue weighted by atomic mass is 10.1. The number of ether oxygens (including phenoxy) is 1. The van der Waals surface area contributed by atoms with Crippen molar-refractivity contribution in [1.29, 1.82) is 0 Å². The highest BCUT2D eigenvalue weighted by Gasteiger charge is 2.15. The number of morpholine rings is 1. The third-order valence-corrected chi connectivity index (χ3v) is 4.44. The van der Waals surface area contributed by atoms with Crippen molar-refractivity contribution in [3.8, 4) is 0 Å². The topological polar surface area (TPSA) is 41.6 Å². The van der Waals surface area contributed by atoms with E-state index in [2.05, 4.69) is 22.3 Å². The van der Waals surface area contributed by atoms with Gasteiger partial charge in [-0.25, -0.2) is 4.39 Å². The molecule has 3 rings (SSSR count). The maximum atomic E-state index is 13.0. The molecule has 0 aromatic heterocycles. The number of hydrogen-bond acceptors (Lipinski definition) is 3. The van der Waals surface area contributed by atoms with Crippen LogP contribution in [0.5, 0.6) is 0 Å². The van der Waals surface area contributed by atoms with Gasteiger partial charge in [0.05, 0.1) is 19.6 Å². The molecule has 132 valence electrons. The first-order chi connectivity index (χ1) is 12.0. The van der Waals surface area contributed by atoms with E-state index in [0.29, 0.717) is 0 Å². The lowest BCUT2D eigenvalue weighted by Crippen LogP contribution is -2.36. The molecule has 4 nitrogen and oxygen atoms in total. The average Bonchev–Trinajstić information content (AvgIpc) is 2.61. The van der Waals surface area contributed by atoms with E-state index in [0.717, 1.165) is 54.4 Å². The zero-order chi connectivity index (χ0) is 17.8. The van der Waals surface area contributed by atoms with Crippen molar-refractivity contribution in [3.63, 3.8) is 0 Å². The molecule has 1 amide bonds. The van der Waals surface area contributed by atoms with E-state index in [1.54, 1.807) is 12.1 Å². The van der Waals surface area contributed by atoms with Gasteiger partial charge in [-0.1, -0.05) is 12.1 Å². The molecule has 0 saturated carbocycles. The van der Waals surface area contributed by atoms with Crippen molar-refractivity contribution >= 4 is 17.3 Å². The number of benzene rings is 2. The molecule has 5 heteroatoms. The number of anilines is 2. The van der Waals surface area contributed by atoms with Gasteiger partial charge in [-0.15, -0.1) is 0 Å². The monoisotopic (exact) mass is 342 g/mol. The van der Waals surface area contributed by atoms with Crippen LogP contribution in [0.3, 0.4) is 0 Å². The molecule has 2 aromatic carbocycles. The second kappa shape index (κ2) is 7.66. The largest absolute Gasteiger partial charge is 0.378 e. The van der Waals surface area contributed by atoms with Crippen molar-refractivity contribution in [3.05, 3.63) is 58.9 Å². The summed E-state index contributed by atoms with van der Waals surface area (Å²) in [5, 5.41) is 3.00. The van der Waals surface area contributed by atoms with Crippen LogP contribution in [0.4, 0.5) is 15.8 Å². The fourth-order valence-electron chi connectivity index (χ4n) is 3.11. The standard InChI is InChI=1S/C20H23FN2O2/c1-14-11-18(23-7-9-25-10-8-23)12-15(2)20(14)22-19(24)13-16-3-5-17(21)6-4-16/h3-6,11-12H,7-10,13H2,1-2H3,(H,22,24). The molecule has 1 aliphatic rings. The predicted molar refractivity (Wildman–Crippen MR) is 97.7 cm³/mol. The molecule has 1 heterocycles. The van der Waals surface area contributed by atoms with Crippen molar-refractivity contribution < 1.29 is 13.9 Å². The van der Waals surface area contributed by atoms with E-state index in [4.69, 9.17) is 4.74 Å². The minimum absolute atomic E-state index is 0.100. The van der Waals surface area contributed by atoms with Crippen molar-refractivity contribution in [2.75, 3.05) is 36.5 Å². The van der Waals surface area contributed by atoms with Crippen molar-refractivity contribution in [2.45, 2.75) is 20.3 Å². The Morgan fingerprint density at radius 3 is 2.32 bits per heavy atom. The van der Waals surface area contributed by atoms with Gasteiger partial charge in [0.2, 0.25) is 5.91 Å². The first-order valence-corrected chi connectivity index (χ1v) is 8.51. The Morgan fingerprint density at radius 2 is 1.72 bits per heavy atom. The summed E-state index contributed by atoms with van der Waals surface area (Å²) in [6.45, 7) is 7.27. The van der Waals surface area contributed by atoms with Crippen LogP contribution in [-0.2, 0) is 16.0 Å². The van der Waals surface area contributed by atoms with Crippen LogP contribution in [0.2, 0.25) is 0 Å². The van der Waals surface area contributed by atoms with Crippen LogP contribution >= 0.6 is 0 Å². The maximum absolute atomic E-state index is 13.0. The first-order valence-electron chi connectivity index (χ1n) is 8.51. The quantitative estimate of drug-likeness (QED) is 0.925. The summed E-state index contributed by atoms with van der Waals surface area (Å²) in [6.07, 6.45) is 0.227. The molecule has 0 spiro atoms. The summed E-state index contributed by atoms with van der Waals surface area (Å²) in [6, 6.07) is 10.2. The highest BCUT2D eigenvalue weighted by Crippen LogP contribution is 2.28. The second-order valence-electron chi connectivity index (χ2n) is 6.41. The number of rotatable bonds is 4. The number of nitrogens with zero attached hydrogens (tertiary/aromatic N) is 1. The van der Waals surface area contributed by atoms with E-state index in [1.807, 2.05) is 13.8 Å². The predicted octanol–water partition coefficient (Wildman–Crippen LogP) is 3.46. The van der Waals surface area contributed by atoms with Crippen LogP contribution in [0.1, 0.15) is 16.7 Å². The molecule has 0 radical (unpaired) electrons. The summed E-state index contributed by atoms with van der Waals surface area (Å²) >= 11 is 0. The number of carbonyl (C=O) groups is 1. The fourth-order valence-corrected chi connectivity index (χ4v) is 3.11. The molecule has 1 saturated heterocycles. The lowest BCUT2D eigenvalue weighted by Gasteiger charge is -2.30. The molecule has 25 heavy (non-hydrogen) atoms. The molecule has 1 fully saturated rings. The SMILES string of the molecule is Cc1cc(N2CCOCC2)cc(C)c1NC(=O)Cc1ccc(F)cc1. The summed E-state index contributed by atoms with van der Waals surface area (Å²) in [4.78, 5) is 14.6. The molecule has 0 bridgehead atoms. The zero-order valence-corrected chi connectivity index (χ0v) is 14.6.